The van der Waals surface area contributed by atoms with E-state index in [1.807, 2.05) is 0 Å². The van der Waals surface area contributed by atoms with Gasteiger partial charge in [0.05, 0.1) is 17.6 Å². The molecule has 20 heavy (non-hydrogen) atoms. The third kappa shape index (κ3) is 4.10. The maximum Gasteiger partial charge on any atom is 0.416 e. The Hall–Kier alpha value is -1.81. The lowest BCUT2D eigenvalue weighted by Gasteiger charge is -2.12. The molecule has 0 amide bonds. The molecule has 1 aromatic carbocycles. The second-order valence-corrected chi connectivity index (χ2v) is 5.38. The van der Waals surface area contributed by atoms with E-state index >= 15 is 0 Å². The number of methoxy groups -OCH3 is 1. The predicted molar refractivity (Wildman–Crippen MR) is 60.8 cm³/mol. The van der Waals surface area contributed by atoms with Crippen LogP contribution in [0.4, 0.5) is 13.2 Å². The molecule has 0 aliphatic rings. The lowest BCUT2D eigenvalue weighted by molar-refractivity contribution is -0.138. The van der Waals surface area contributed by atoms with Crippen LogP contribution in [0.2, 0.25) is 0 Å². The number of hydrogen-bond acceptors (Lipinski definition) is 4. The van der Waals surface area contributed by atoms with Gasteiger partial charge < -0.3 is 9.84 Å². The maximum absolute atomic E-state index is 12.6. The van der Waals surface area contributed by atoms with Crippen LogP contribution in [0.25, 0.3) is 0 Å². The van der Waals surface area contributed by atoms with Gasteiger partial charge in [-0.1, -0.05) is 0 Å². The Morgan fingerprint density at radius 1 is 1.35 bits per heavy atom. The maximum atomic E-state index is 12.6. The van der Waals surface area contributed by atoms with E-state index in [9.17, 15) is 26.4 Å². The van der Waals surface area contributed by atoms with Crippen molar-refractivity contribution in [1.82, 2.24) is 4.72 Å². The van der Waals surface area contributed by atoms with Crippen LogP contribution in [0.1, 0.15) is 5.56 Å². The summed E-state index contributed by atoms with van der Waals surface area (Å²) in [5.74, 6) is -1.77. The van der Waals surface area contributed by atoms with Crippen molar-refractivity contribution in [3.05, 3.63) is 23.8 Å². The summed E-state index contributed by atoms with van der Waals surface area (Å²) < 4.78 is 67.5. The average molecular weight is 313 g/mol. The van der Waals surface area contributed by atoms with E-state index in [-0.39, 0.29) is 5.75 Å². The first-order chi connectivity index (χ1) is 9.06. The molecule has 0 saturated carbocycles. The van der Waals surface area contributed by atoms with Gasteiger partial charge in [0.25, 0.3) is 0 Å². The van der Waals surface area contributed by atoms with Gasteiger partial charge in [0.1, 0.15) is 12.3 Å². The molecule has 0 aliphatic carbocycles. The van der Waals surface area contributed by atoms with Crippen molar-refractivity contribution in [2.45, 2.75) is 11.1 Å². The minimum Gasteiger partial charge on any atom is -0.497 e. The number of sulfonamides is 1. The van der Waals surface area contributed by atoms with E-state index in [1.54, 1.807) is 4.72 Å². The van der Waals surface area contributed by atoms with Gasteiger partial charge in [-0.25, -0.2) is 8.42 Å². The summed E-state index contributed by atoms with van der Waals surface area (Å²) in [6.45, 7) is -0.944. The number of carbonyl (C=O) groups is 1. The van der Waals surface area contributed by atoms with Gasteiger partial charge in [-0.15, -0.1) is 0 Å². The molecule has 0 fully saturated rings. The molecule has 0 bridgehead atoms. The van der Waals surface area contributed by atoms with Gasteiger partial charge in [0.2, 0.25) is 10.0 Å². The number of carboxylic acid groups (broad SMARTS) is 1. The highest BCUT2D eigenvalue weighted by molar-refractivity contribution is 7.89. The monoisotopic (exact) mass is 313 g/mol. The third-order valence-corrected chi connectivity index (χ3v) is 3.55. The summed E-state index contributed by atoms with van der Waals surface area (Å²) in [7, 11) is -3.30. The van der Waals surface area contributed by atoms with Crippen LogP contribution in [0.15, 0.2) is 23.1 Å². The molecule has 0 spiro atoms. The van der Waals surface area contributed by atoms with Gasteiger partial charge in [-0.2, -0.15) is 17.9 Å². The fourth-order valence-corrected chi connectivity index (χ4v) is 2.28. The van der Waals surface area contributed by atoms with Crippen molar-refractivity contribution < 1.29 is 36.2 Å². The molecule has 2 N–H and O–H groups in total. The molecular weight excluding hydrogens is 303 g/mol. The molecule has 0 radical (unpaired) electrons. The minimum absolute atomic E-state index is 0.310. The van der Waals surface area contributed by atoms with Gasteiger partial charge in [-0.05, 0) is 12.1 Å². The van der Waals surface area contributed by atoms with Crippen LogP contribution in [-0.4, -0.2) is 33.1 Å². The number of halogens is 3. The Balaban J connectivity index is 3.27. The van der Waals surface area contributed by atoms with Crippen molar-refractivity contribution in [2.75, 3.05) is 13.7 Å². The lowest BCUT2D eigenvalue weighted by atomic mass is 10.2. The Bertz CT molecular complexity index is 612. The van der Waals surface area contributed by atoms with Gasteiger partial charge in [0, 0.05) is 6.07 Å². The number of alkyl halides is 3. The van der Waals surface area contributed by atoms with Crippen molar-refractivity contribution in [2.24, 2.45) is 0 Å². The lowest BCUT2D eigenvalue weighted by Crippen LogP contribution is -2.29. The number of ether oxygens (including phenoxy) is 1. The first-order valence-corrected chi connectivity index (χ1v) is 6.52. The van der Waals surface area contributed by atoms with Crippen LogP contribution in [-0.2, 0) is 21.0 Å². The van der Waals surface area contributed by atoms with E-state index in [4.69, 9.17) is 5.11 Å². The largest absolute Gasteiger partial charge is 0.497 e. The highest BCUT2D eigenvalue weighted by Gasteiger charge is 2.33. The van der Waals surface area contributed by atoms with E-state index in [0.717, 1.165) is 13.2 Å². The zero-order valence-corrected chi connectivity index (χ0v) is 10.9. The van der Waals surface area contributed by atoms with Crippen LogP contribution in [0, 0.1) is 0 Å². The summed E-state index contributed by atoms with van der Waals surface area (Å²) in [6.07, 6.45) is -4.76. The summed E-state index contributed by atoms with van der Waals surface area (Å²) >= 11 is 0. The zero-order chi connectivity index (χ0) is 15.6. The number of benzene rings is 1. The van der Waals surface area contributed by atoms with Crippen molar-refractivity contribution in [3.8, 4) is 5.75 Å². The first kappa shape index (κ1) is 16.2. The molecule has 0 aromatic heterocycles. The molecule has 10 heteroatoms. The van der Waals surface area contributed by atoms with E-state index < -0.39 is 39.2 Å². The van der Waals surface area contributed by atoms with Gasteiger partial charge >= 0.3 is 12.1 Å². The molecule has 0 saturated heterocycles. The molecule has 0 aliphatic heterocycles. The summed E-state index contributed by atoms with van der Waals surface area (Å²) in [5, 5.41) is 8.38. The van der Waals surface area contributed by atoms with Crippen LogP contribution in [0.5, 0.6) is 5.75 Å². The molecule has 112 valence electrons. The Morgan fingerprint density at radius 3 is 2.40 bits per heavy atom. The smallest absolute Gasteiger partial charge is 0.416 e. The molecule has 0 unspecified atom stereocenters. The molecule has 0 atom stereocenters. The van der Waals surface area contributed by atoms with Crippen LogP contribution < -0.4 is 9.46 Å². The highest BCUT2D eigenvalue weighted by atomic mass is 32.2. The quantitative estimate of drug-likeness (QED) is 0.848. The fraction of sp³-hybridized carbons (Fsp3) is 0.300. The van der Waals surface area contributed by atoms with Crippen molar-refractivity contribution in [3.63, 3.8) is 0 Å². The number of hydrogen-bond donors (Lipinski definition) is 2. The molecule has 1 rings (SSSR count). The van der Waals surface area contributed by atoms with Crippen LogP contribution in [0.3, 0.4) is 0 Å². The molecule has 6 nitrogen and oxygen atoms in total. The van der Waals surface area contributed by atoms with Crippen molar-refractivity contribution >= 4 is 16.0 Å². The first-order valence-electron chi connectivity index (χ1n) is 5.04. The number of aliphatic carboxylic acids is 1. The summed E-state index contributed by atoms with van der Waals surface area (Å²) in [4.78, 5) is 9.56. The molecule has 0 heterocycles. The Morgan fingerprint density at radius 2 is 1.95 bits per heavy atom. The Kier molecular flexibility index (Phi) is 4.61. The van der Waals surface area contributed by atoms with E-state index in [2.05, 4.69) is 4.74 Å². The topological polar surface area (TPSA) is 92.7 Å². The predicted octanol–water partition coefficient (Wildman–Crippen LogP) is 1.08. The molecular formula is C10H10F3NO5S. The minimum atomic E-state index is -4.76. The third-order valence-electron chi connectivity index (χ3n) is 2.17. The molecule has 1 aromatic rings. The SMILES string of the molecule is COc1cc(C(F)(F)F)cc(S(=O)(=O)NCC(=O)O)c1. The van der Waals surface area contributed by atoms with Crippen LogP contribution >= 0.6 is 0 Å². The van der Waals surface area contributed by atoms with Crippen molar-refractivity contribution in [1.29, 1.82) is 0 Å². The second-order valence-electron chi connectivity index (χ2n) is 3.61. The summed E-state index contributed by atoms with van der Waals surface area (Å²) in [5.41, 5.74) is -1.22. The van der Waals surface area contributed by atoms with E-state index in [1.165, 1.54) is 0 Å². The number of carboxylic acids is 1. The zero-order valence-electron chi connectivity index (χ0n) is 10.1. The Labute approximate surface area is 112 Å². The normalized spacial score (nSPS) is 12.2. The number of nitrogens with one attached hydrogen (secondary N) is 1. The average Bonchev–Trinajstić information content (AvgIpc) is 2.35. The number of rotatable bonds is 5. The summed E-state index contributed by atoms with van der Waals surface area (Å²) in [6, 6.07) is 1.89. The second kappa shape index (κ2) is 5.67. The van der Waals surface area contributed by atoms with E-state index in [0.29, 0.717) is 12.1 Å². The standard InChI is InChI=1S/C10H10F3NO5S/c1-19-7-2-6(10(11,12)13)3-8(4-7)20(17,18)14-5-9(15)16/h2-4,14H,5H2,1H3,(H,15,16). The van der Waals surface area contributed by atoms with Gasteiger partial charge in [-0.3, -0.25) is 4.79 Å². The van der Waals surface area contributed by atoms with Gasteiger partial charge in [0.15, 0.2) is 0 Å². The fourth-order valence-electron chi connectivity index (χ4n) is 1.25. The highest BCUT2D eigenvalue weighted by Crippen LogP contribution is 2.33.